The second-order valence-electron chi connectivity index (χ2n) is 13.2. The van der Waals surface area contributed by atoms with Gasteiger partial charge in [-0.2, -0.15) is 9.78 Å². The Morgan fingerprint density at radius 3 is 2.64 bits per heavy atom. The zero-order chi connectivity index (χ0) is 33.5. The van der Waals surface area contributed by atoms with E-state index in [1.54, 1.807) is 47.5 Å². The number of alkyl halides is 1. The van der Waals surface area contributed by atoms with E-state index in [1.807, 2.05) is 39.0 Å². The van der Waals surface area contributed by atoms with Gasteiger partial charge in [0.25, 0.3) is 11.5 Å². The number of likely N-dealkylation sites (N-methyl/N-ethyl adjacent to an activating group) is 1. The first-order chi connectivity index (χ1) is 22.5. The lowest BCUT2D eigenvalue weighted by atomic mass is 9.78. The number of nitrogens with zero attached hydrogens (tertiary/aromatic N) is 5. The smallest absolute Gasteiger partial charge is 0.278 e. The van der Waals surface area contributed by atoms with E-state index in [9.17, 15) is 19.8 Å². The summed E-state index contributed by atoms with van der Waals surface area (Å²) >= 11 is 0. The van der Waals surface area contributed by atoms with Crippen molar-refractivity contribution in [2.75, 3.05) is 33.4 Å². The number of nitrogens with one attached hydrogen (secondary N) is 1. The average molecular weight is 645 g/mol. The largest absolute Gasteiger partial charge is 0.392 e. The zero-order valence-corrected chi connectivity index (χ0v) is 27.1. The van der Waals surface area contributed by atoms with E-state index in [-0.39, 0.29) is 23.3 Å². The van der Waals surface area contributed by atoms with E-state index in [1.165, 1.54) is 6.20 Å². The monoisotopic (exact) mass is 644 g/mol. The molecule has 1 saturated heterocycles. The van der Waals surface area contributed by atoms with Crippen LogP contribution in [0.3, 0.4) is 0 Å². The van der Waals surface area contributed by atoms with E-state index in [4.69, 9.17) is 4.74 Å². The number of dihydropyridines is 1. The molecule has 4 aliphatic rings. The Balaban J connectivity index is 1.27. The van der Waals surface area contributed by atoms with E-state index >= 15 is 4.39 Å². The number of carbonyl (C=O) groups is 1. The number of aliphatic hydroxyl groups excluding tert-OH is 2. The van der Waals surface area contributed by atoms with Crippen LogP contribution < -0.4 is 10.9 Å². The van der Waals surface area contributed by atoms with Gasteiger partial charge in [-0.1, -0.05) is 50.6 Å². The van der Waals surface area contributed by atoms with Crippen molar-refractivity contribution in [1.82, 2.24) is 24.9 Å². The fraction of sp³-hybridized carbons (Fsp3) is 0.429. The maximum atomic E-state index is 15.5. The van der Waals surface area contributed by atoms with Gasteiger partial charge in [-0.25, -0.2) is 4.39 Å². The number of ether oxygens (including phenoxy) is 1. The third-order valence-electron chi connectivity index (χ3n) is 9.05. The molecule has 0 unspecified atom stereocenters. The lowest BCUT2D eigenvalue weighted by Gasteiger charge is -2.32. The van der Waals surface area contributed by atoms with Gasteiger partial charge in [0.1, 0.15) is 12.3 Å². The lowest BCUT2D eigenvalue weighted by molar-refractivity contribution is -0.130. The molecular weight excluding hydrogens is 603 g/mol. The SMILES string of the molecule is CN1C=C(c2cccc(-n3ncc4c(c3=O)[C@H](F)CC(C(C)(C)C)=C4)c2CO)C=C(N[C@@H]2CC=C(C(=O)N3CCOCC3)C=N2)[C@H]1O. The number of aromatic nitrogens is 2. The second kappa shape index (κ2) is 13.0. The summed E-state index contributed by atoms with van der Waals surface area (Å²) in [5, 5.41) is 29.3. The minimum atomic E-state index is -1.47. The molecule has 1 fully saturated rings. The first-order valence-corrected chi connectivity index (χ1v) is 15.9. The molecule has 3 aliphatic heterocycles. The van der Waals surface area contributed by atoms with E-state index in [2.05, 4.69) is 15.4 Å². The van der Waals surface area contributed by atoms with Gasteiger partial charge in [-0.15, -0.1) is 0 Å². The molecule has 1 amide bonds. The molecule has 12 heteroatoms. The molecule has 248 valence electrons. The molecular formula is C35H41FN6O5. The summed E-state index contributed by atoms with van der Waals surface area (Å²) in [6.45, 7) is 7.76. The molecule has 3 N–H and O–H groups in total. The van der Waals surface area contributed by atoms with Crippen molar-refractivity contribution in [3.8, 4) is 5.69 Å². The number of benzene rings is 1. The number of rotatable bonds is 6. The molecule has 1 aromatic heterocycles. The Morgan fingerprint density at radius 1 is 1.19 bits per heavy atom. The van der Waals surface area contributed by atoms with Gasteiger partial charge in [0.15, 0.2) is 6.23 Å². The third kappa shape index (κ3) is 6.45. The van der Waals surface area contributed by atoms with Gasteiger partial charge < -0.3 is 30.1 Å². The Bertz CT molecular complexity index is 1780. The normalized spacial score (nSPS) is 23.0. The molecule has 6 rings (SSSR count). The van der Waals surface area contributed by atoms with Crippen LogP contribution in [0.5, 0.6) is 0 Å². The van der Waals surface area contributed by atoms with Crippen molar-refractivity contribution in [2.24, 2.45) is 10.4 Å². The summed E-state index contributed by atoms with van der Waals surface area (Å²) in [5.74, 6) is -0.0746. The fourth-order valence-corrected chi connectivity index (χ4v) is 6.31. The summed E-state index contributed by atoms with van der Waals surface area (Å²) in [6.07, 6.45) is 8.00. The number of halogens is 1. The number of amides is 1. The first kappa shape index (κ1) is 32.5. The molecule has 1 aliphatic carbocycles. The van der Waals surface area contributed by atoms with Crippen LogP contribution in [0.1, 0.15) is 62.0 Å². The Morgan fingerprint density at radius 2 is 1.96 bits per heavy atom. The Kier molecular flexibility index (Phi) is 9.01. The highest BCUT2D eigenvalue weighted by Gasteiger charge is 2.31. The number of carbonyl (C=O) groups excluding carboxylic acids is 1. The first-order valence-electron chi connectivity index (χ1n) is 15.9. The van der Waals surface area contributed by atoms with Gasteiger partial charge >= 0.3 is 0 Å². The second-order valence-corrected chi connectivity index (χ2v) is 13.2. The van der Waals surface area contributed by atoms with Crippen molar-refractivity contribution in [3.63, 3.8) is 0 Å². The summed E-state index contributed by atoms with van der Waals surface area (Å²) < 4.78 is 22.0. The summed E-state index contributed by atoms with van der Waals surface area (Å²) in [6, 6.07) is 5.23. The molecule has 0 bridgehead atoms. The number of hydrogen-bond donors (Lipinski definition) is 3. The predicted octanol–water partition coefficient (Wildman–Crippen LogP) is 3.23. The standard InChI is InChI=1S/C35H41FN6O5/c1-35(2,3)24-14-22-18-38-42(34(46)31(22)27(36)16-24)29-7-5-6-25(26(29)20-43)23-15-28(33(45)40(4)19-23)39-30-9-8-21(17-37-30)32(44)41-10-12-47-13-11-41/h5-8,14-15,17-19,27,30,33,39,43,45H,9-13,16,20H2,1-4H3/t27-,30-,33-/m1/s1. The number of aliphatic imine (C=N–C) groups is 1. The van der Waals surface area contributed by atoms with Crippen LogP contribution >= 0.6 is 0 Å². The molecule has 3 atom stereocenters. The molecule has 4 heterocycles. The summed E-state index contributed by atoms with van der Waals surface area (Å²) in [7, 11) is 1.72. The zero-order valence-electron chi connectivity index (χ0n) is 27.1. The molecule has 0 saturated carbocycles. The van der Waals surface area contributed by atoms with Gasteiger partial charge in [0, 0.05) is 56.5 Å². The number of aliphatic hydroxyl groups is 2. The number of morpholine rings is 1. The highest BCUT2D eigenvalue weighted by Crippen LogP contribution is 2.40. The number of allylic oxidation sites excluding steroid dienone is 3. The topological polar surface area (TPSA) is 133 Å². The Hall–Kier alpha value is -4.39. The molecule has 2 aromatic rings. The van der Waals surface area contributed by atoms with Crippen LogP contribution in [0, 0.1) is 5.41 Å². The van der Waals surface area contributed by atoms with E-state index in [0.29, 0.717) is 71.9 Å². The number of fused-ring (bicyclic) bond motifs is 1. The van der Waals surface area contributed by atoms with Crippen LogP contribution in [0.15, 0.2) is 69.4 Å². The summed E-state index contributed by atoms with van der Waals surface area (Å²) in [4.78, 5) is 34.5. The van der Waals surface area contributed by atoms with Crippen LogP contribution in [-0.2, 0) is 16.1 Å². The molecule has 0 spiro atoms. The molecule has 0 radical (unpaired) electrons. The van der Waals surface area contributed by atoms with Gasteiger partial charge in [0.2, 0.25) is 0 Å². The van der Waals surface area contributed by atoms with E-state index < -0.39 is 30.7 Å². The van der Waals surface area contributed by atoms with Crippen molar-refractivity contribution in [3.05, 3.63) is 92.2 Å². The third-order valence-corrected chi connectivity index (χ3v) is 9.05. The van der Waals surface area contributed by atoms with Crippen molar-refractivity contribution >= 4 is 23.8 Å². The van der Waals surface area contributed by atoms with Crippen LogP contribution in [0.25, 0.3) is 17.3 Å². The van der Waals surface area contributed by atoms with Crippen molar-refractivity contribution in [1.29, 1.82) is 0 Å². The predicted molar refractivity (Wildman–Crippen MR) is 177 cm³/mol. The van der Waals surface area contributed by atoms with Crippen LogP contribution in [0.4, 0.5) is 4.39 Å². The summed E-state index contributed by atoms with van der Waals surface area (Å²) in [5.41, 5.74) is 3.69. The highest BCUT2D eigenvalue weighted by molar-refractivity contribution is 6.12. The van der Waals surface area contributed by atoms with Crippen LogP contribution in [0.2, 0.25) is 0 Å². The molecule has 11 nitrogen and oxygen atoms in total. The minimum Gasteiger partial charge on any atom is -0.392 e. The maximum absolute atomic E-state index is 15.5. The minimum absolute atomic E-state index is 0.0605. The highest BCUT2D eigenvalue weighted by atomic mass is 19.1. The van der Waals surface area contributed by atoms with Crippen molar-refractivity contribution in [2.45, 2.75) is 58.8 Å². The molecule has 1 aromatic carbocycles. The maximum Gasteiger partial charge on any atom is 0.278 e. The van der Waals surface area contributed by atoms with Gasteiger partial charge in [-0.05, 0) is 28.7 Å². The van der Waals surface area contributed by atoms with E-state index in [0.717, 1.165) is 10.3 Å². The Labute approximate surface area is 273 Å². The number of hydrogen-bond acceptors (Lipinski definition) is 9. The molecule has 47 heavy (non-hydrogen) atoms. The van der Waals surface area contributed by atoms with Crippen molar-refractivity contribution < 1.29 is 24.1 Å². The van der Waals surface area contributed by atoms with Gasteiger partial charge in [0.05, 0.1) is 48.5 Å². The average Bonchev–Trinajstić information content (AvgIpc) is 3.06. The van der Waals surface area contributed by atoms with Gasteiger partial charge in [-0.3, -0.25) is 14.6 Å². The lowest BCUT2D eigenvalue weighted by Crippen LogP contribution is -2.43. The van der Waals surface area contributed by atoms with Crippen LogP contribution in [-0.4, -0.2) is 87.7 Å². The quantitative estimate of drug-likeness (QED) is 0.437. The fourth-order valence-electron chi connectivity index (χ4n) is 6.31.